The van der Waals surface area contributed by atoms with E-state index in [2.05, 4.69) is 0 Å². The monoisotopic (exact) mass is 448 g/mol. The quantitative estimate of drug-likeness (QED) is 0.190. The molecule has 2 saturated heterocycles. The van der Waals surface area contributed by atoms with Crippen LogP contribution in [0, 0.1) is 0 Å². The molecule has 8 N–H and O–H groups in total. The van der Waals surface area contributed by atoms with Gasteiger partial charge in [-0.05, 0) is 0 Å². The first kappa shape index (κ1) is 24.4. The summed E-state index contributed by atoms with van der Waals surface area (Å²) in [5, 5.41) is 79.0. The van der Waals surface area contributed by atoms with Crippen molar-refractivity contribution in [3.05, 3.63) is 35.9 Å². The first-order valence-electron chi connectivity index (χ1n) is 9.75. The summed E-state index contributed by atoms with van der Waals surface area (Å²) >= 11 is 0. The van der Waals surface area contributed by atoms with Gasteiger partial charge in [0.1, 0.15) is 48.8 Å². The second kappa shape index (κ2) is 10.6. The van der Waals surface area contributed by atoms with Crippen LogP contribution in [0.3, 0.4) is 0 Å². The molecule has 2 fully saturated rings. The fourth-order valence-electron chi connectivity index (χ4n) is 3.40. The molecule has 1 aromatic carbocycles. The van der Waals surface area contributed by atoms with Crippen molar-refractivity contribution in [3.8, 4) is 0 Å². The van der Waals surface area contributed by atoms with Crippen molar-refractivity contribution in [3.63, 3.8) is 0 Å². The highest BCUT2D eigenvalue weighted by molar-refractivity contribution is 5.16. The number of aliphatic hydroxyl groups excluding tert-OH is 8. The van der Waals surface area contributed by atoms with Gasteiger partial charge >= 0.3 is 0 Å². The van der Waals surface area contributed by atoms with Gasteiger partial charge in [-0.15, -0.1) is 0 Å². The van der Waals surface area contributed by atoms with E-state index in [1.54, 1.807) is 30.3 Å². The molecule has 0 aromatic heterocycles. The van der Waals surface area contributed by atoms with Crippen LogP contribution < -0.4 is 0 Å². The minimum atomic E-state index is -1.71. The van der Waals surface area contributed by atoms with Gasteiger partial charge in [-0.1, -0.05) is 30.3 Å². The van der Waals surface area contributed by atoms with E-state index in [1.807, 2.05) is 0 Å². The van der Waals surface area contributed by atoms with Gasteiger partial charge in [-0.2, -0.15) is 0 Å². The maximum atomic E-state index is 10.2. The molecule has 0 radical (unpaired) electrons. The molecule has 12 heteroatoms. The summed E-state index contributed by atoms with van der Waals surface area (Å²) in [5.74, 6) is 0. The molecule has 2 aliphatic rings. The summed E-state index contributed by atoms with van der Waals surface area (Å²) in [7, 11) is 0. The third-order valence-corrected chi connectivity index (χ3v) is 5.28. The average Bonchev–Trinajstić information content (AvgIpc) is 2.79. The van der Waals surface area contributed by atoms with Crippen molar-refractivity contribution >= 4 is 0 Å². The van der Waals surface area contributed by atoms with E-state index < -0.39 is 80.9 Å². The van der Waals surface area contributed by atoms with Crippen LogP contribution in [0.25, 0.3) is 0 Å². The highest BCUT2D eigenvalue weighted by Gasteiger charge is 2.48. The van der Waals surface area contributed by atoms with Gasteiger partial charge in [0.2, 0.25) is 0 Å². The van der Waals surface area contributed by atoms with Crippen molar-refractivity contribution in [1.82, 2.24) is 0 Å². The molecule has 1 aromatic rings. The third-order valence-electron chi connectivity index (χ3n) is 5.28. The minimum absolute atomic E-state index is 0.372. The molecule has 0 bridgehead atoms. The number of hydrogen-bond acceptors (Lipinski definition) is 12. The van der Waals surface area contributed by atoms with Crippen LogP contribution in [0.15, 0.2) is 30.3 Å². The summed E-state index contributed by atoms with van der Waals surface area (Å²) in [6.07, 6.45) is -16.9. The fourth-order valence-corrected chi connectivity index (χ4v) is 3.40. The number of rotatable bonds is 7. The van der Waals surface area contributed by atoms with Crippen LogP contribution in [-0.4, -0.2) is 115 Å². The van der Waals surface area contributed by atoms with Gasteiger partial charge in [0.25, 0.3) is 0 Å². The van der Waals surface area contributed by atoms with Gasteiger partial charge in [0.05, 0.1) is 13.2 Å². The topological polar surface area (TPSA) is 199 Å². The van der Waals surface area contributed by atoms with E-state index in [0.29, 0.717) is 5.56 Å². The Morgan fingerprint density at radius 1 is 0.645 bits per heavy atom. The molecule has 31 heavy (non-hydrogen) atoms. The Hall–Kier alpha value is -1.26. The second-order valence-electron chi connectivity index (χ2n) is 7.41. The Labute approximate surface area is 177 Å². The number of benzene rings is 1. The highest BCUT2D eigenvalue weighted by atomic mass is 16.8. The molecular weight excluding hydrogens is 420 g/mol. The summed E-state index contributed by atoms with van der Waals surface area (Å²) in [6, 6.07) is 8.17. The lowest BCUT2D eigenvalue weighted by molar-refractivity contribution is -0.381. The SMILES string of the molecule is OC[C@H]1O[C@H](OC(O[C@H]2O[C@H](CO)[C@@H](O)[C@H](O)[C@@H]2O)c2ccccc2)[C@@H](O)[C@@H](O)[C@@H]1O. The lowest BCUT2D eigenvalue weighted by atomic mass is 9.99. The first-order valence-corrected chi connectivity index (χ1v) is 9.75. The lowest BCUT2D eigenvalue weighted by Gasteiger charge is -2.43. The van der Waals surface area contributed by atoms with E-state index >= 15 is 0 Å². The lowest BCUT2D eigenvalue weighted by Crippen LogP contribution is -2.60. The summed E-state index contributed by atoms with van der Waals surface area (Å²) in [5.41, 5.74) is 0.372. The predicted molar refractivity (Wildman–Crippen MR) is 98.9 cm³/mol. The zero-order chi connectivity index (χ0) is 22.7. The Balaban J connectivity index is 1.81. The van der Waals surface area contributed by atoms with Crippen LogP contribution in [0.2, 0.25) is 0 Å². The largest absolute Gasteiger partial charge is 0.394 e. The molecule has 3 rings (SSSR count). The van der Waals surface area contributed by atoms with Crippen molar-refractivity contribution in [2.45, 2.75) is 67.7 Å². The Morgan fingerprint density at radius 3 is 1.45 bits per heavy atom. The van der Waals surface area contributed by atoms with E-state index in [0.717, 1.165) is 0 Å². The molecule has 2 heterocycles. The molecule has 12 nitrogen and oxygen atoms in total. The van der Waals surface area contributed by atoms with Gasteiger partial charge in [0.15, 0.2) is 18.9 Å². The Bertz CT molecular complexity index is 635. The van der Waals surface area contributed by atoms with Gasteiger partial charge in [-0.3, -0.25) is 0 Å². The molecule has 176 valence electrons. The van der Waals surface area contributed by atoms with E-state index in [4.69, 9.17) is 18.9 Å². The van der Waals surface area contributed by atoms with Crippen molar-refractivity contribution in [1.29, 1.82) is 0 Å². The summed E-state index contributed by atoms with van der Waals surface area (Å²) in [4.78, 5) is 0. The molecule has 0 saturated carbocycles. The fraction of sp³-hybridized carbons (Fsp3) is 0.684. The first-order chi connectivity index (χ1) is 14.8. The summed E-state index contributed by atoms with van der Waals surface area (Å²) in [6.45, 7) is -1.32. The maximum Gasteiger partial charge on any atom is 0.190 e. The third kappa shape index (κ3) is 5.22. The van der Waals surface area contributed by atoms with Crippen LogP contribution in [0.4, 0.5) is 0 Å². The molecule has 2 aliphatic heterocycles. The molecular formula is C19H28O12. The van der Waals surface area contributed by atoms with Crippen molar-refractivity contribution in [2.24, 2.45) is 0 Å². The predicted octanol–water partition coefficient (Wildman–Crippen LogP) is -3.68. The smallest absolute Gasteiger partial charge is 0.190 e. The maximum absolute atomic E-state index is 10.2. The standard InChI is InChI=1S/C19H28O12/c20-6-9-11(22)13(24)15(26)18(28-9)30-17(8-4-2-1-3-5-8)31-19-16(27)14(25)12(23)10(7-21)29-19/h1-5,9-27H,6-7H2/t9-,10-,11-,12-,13+,14+,15+,16+,18-,19-/m1/s1. The van der Waals surface area contributed by atoms with E-state index in [-0.39, 0.29) is 0 Å². The molecule has 0 unspecified atom stereocenters. The molecule has 0 amide bonds. The molecule has 10 atom stereocenters. The Morgan fingerprint density at radius 2 is 1.06 bits per heavy atom. The number of hydrogen-bond donors (Lipinski definition) is 8. The van der Waals surface area contributed by atoms with Crippen LogP contribution in [-0.2, 0) is 18.9 Å². The number of aliphatic hydroxyl groups is 8. The van der Waals surface area contributed by atoms with Crippen LogP contribution in [0.1, 0.15) is 11.9 Å². The van der Waals surface area contributed by atoms with Crippen LogP contribution >= 0.6 is 0 Å². The van der Waals surface area contributed by atoms with E-state index in [9.17, 15) is 40.9 Å². The van der Waals surface area contributed by atoms with Crippen molar-refractivity contribution < 1.29 is 59.8 Å². The Kier molecular flexibility index (Phi) is 8.31. The zero-order valence-corrected chi connectivity index (χ0v) is 16.4. The summed E-state index contributed by atoms with van der Waals surface area (Å²) < 4.78 is 22.0. The highest BCUT2D eigenvalue weighted by Crippen LogP contribution is 2.32. The van der Waals surface area contributed by atoms with Gasteiger partial charge in [-0.25, -0.2) is 0 Å². The van der Waals surface area contributed by atoms with Crippen molar-refractivity contribution in [2.75, 3.05) is 13.2 Å². The van der Waals surface area contributed by atoms with E-state index in [1.165, 1.54) is 0 Å². The minimum Gasteiger partial charge on any atom is -0.394 e. The normalized spacial score (nSPS) is 42.3. The second-order valence-corrected chi connectivity index (χ2v) is 7.41. The van der Waals surface area contributed by atoms with Gasteiger partial charge < -0.3 is 59.8 Å². The van der Waals surface area contributed by atoms with Gasteiger partial charge in [0, 0.05) is 5.56 Å². The average molecular weight is 448 g/mol. The number of ether oxygens (including phenoxy) is 4. The zero-order valence-electron chi connectivity index (χ0n) is 16.4. The molecule has 0 spiro atoms. The molecule has 0 aliphatic carbocycles. The van der Waals surface area contributed by atoms with Crippen LogP contribution in [0.5, 0.6) is 0 Å².